The third-order valence-electron chi connectivity index (χ3n) is 6.21. The van der Waals surface area contributed by atoms with Crippen molar-refractivity contribution in [2.75, 3.05) is 10.8 Å². The van der Waals surface area contributed by atoms with Gasteiger partial charge in [-0.05, 0) is 76.9 Å². The highest BCUT2D eigenvalue weighted by molar-refractivity contribution is 7.92. The molecule has 1 atom stereocenters. The molecule has 0 spiro atoms. The first kappa shape index (κ1) is 28.9. The zero-order chi connectivity index (χ0) is 28.0. The summed E-state index contributed by atoms with van der Waals surface area (Å²) in [6.45, 7) is 10.8. The van der Waals surface area contributed by atoms with Crippen molar-refractivity contribution in [1.29, 1.82) is 0 Å². The third kappa shape index (κ3) is 7.22. The fourth-order valence-electron chi connectivity index (χ4n) is 4.14. The SMILES string of the molecule is Cc1ccc(S(=O)(=O)N(CC(=O)N(Cc2cccc(C)c2)[C@@H](C)C(=O)NC(C)C)c2cccc(C)c2)cc1. The van der Waals surface area contributed by atoms with Gasteiger partial charge in [0.05, 0.1) is 10.6 Å². The van der Waals surface area contributed by atoms with E-state index in [-0.39, 0.29) is 23.4 Å². The Morgan fingerprint density at radius 1 is 0.816 bits per heavy atom. The first-order chi connectivity index (χ1) is 17.9. The van der Waals surface area contributed by atoms with Crippen molar-refractivity contribution in [3.8, 4) is 0 Å². The molecule has 0 aromatic heterocycles. The third-order valence-corrected chi connectivity index (χ3v) is 8.00. The van der Waals surface area contributed by atoms with Crippen LogP contribution < -0.4 is 9.62 Å². The van der Waals surface area contributed by atoms with Crippen molar-refractivity contribution in [2.45, 2.75) is 65.1 Å². The maximum atomic E-state index is 13.9. The van der Waals surface area contributed by atoms with Gasteiger partial charge in [-0.15, -0.1) is 0 Å². The predicted octanol–water partition coefficient (Wildman–Crippen LogP) is 4.75. The molecule has 0 saturated carbocycles. The number of carbonyl (C=O) groups excluding carboxylic acids is 2. The highest BCUT2D eigenvalue weighted by Gasteiger charge is 2.32. The minimum Gasteiger partial charge on any atom is -0.352 e. The molecule has 0 fully saturated rings. The lowest BCUT2D eigenvalue weighted by Crippen LogP contribution is -2.52. The van der Waals surface area contributed by atoms with E-state index in [0.717, 1.165) is 26.6 Å². The van der Waals surface area contributed by atoms with Gasteiger partial charge in [-0.1, -0.05) is 59.7 Å². The molecule has 1 N–H and O–H groups in total. The number of amides is 2. The molecule has 7 nitrogen and oxygen atoms in total. The highest BCUT2D eigenvalue weighted by Crippen LogP contribution is 2.25. The maximum Gasteiger partial charge on any atom is 0.264 e. The number of sulfonamides is 1. The fourth-order valence-corrected chi connectivity index (χ4v) is 5.55. The van der Waals surface area contributed by atoms with Crippen LogP contribution in [0.4, 0.5) is 5.69 Å². The summed E-state index contributed by atoms with van der Waals surface area (Å²) in [6, 6.07) is 20.4. The van der Waals surface area contributed by atoms with Crippen LogP contribution in [0.1, 0.15) is 43.0 Å². The number of benzene rings is 3. The number of hydrogen-bond acceptors (Lipinski definition) is 4. The molecule has 0 radical (unpaired) electrons. The predicted molar refractivity (Wildman–Crippen MR) is 151 cm³/mol. The van der Waals surface area contributed by atoms with Crippen molar-refractivity contribution in [3.05, 3.63) is 95.1 Å². The Morgan fingerprint density at radius 3 is 2.00 bits per heavy atom. The lowest BCUT2D eigenvalue weighted by molar-refractivity contribution is -0.139. The molecule has 0 saturated heterocycles. The summed E-state index contributed by atoms with van der Waals surface area (Å²) in [6.07, 6.45) is 0. The van der Waals surface area contributed by atoms with Gasteiger partial charge in [-0.25, -0.2) is 8.42 Å². The van der Waals surface area contributed by atoms with E-state index in [1.807, 2.05) is 65.0 Å². The van der Waals surface area contributed by atoms with Crippen LogP contribution in [0.3, 0.4) is 0 Å². The van der Waals surface area contributed by atoms with Gasteiger partial charge in [0.15, 0.2) is 0 Å². The molecule has 38 heavy (non-hydrogen) atoms. The van der Waals surface area contributed by atoms with E-state index in [1.165, 1.54) is 4.90 Å². The standard InChI is InChI=1S/C30H37N3O4S/c1-21(2)31-30(35)25(6)32(19-26-11-7-9-23(4)17-26)29(34)20-33(27-12-8-10-24(5)18-27)38(36,37)28-15-13-22(3)14-16-28/h7-18,21,25H,19-20H2,1-6H3,(H,31,35)/t25-/m0/s1. The lowest BCUT2D eigenvalue weighted by atomic mass is 10.1. The van der Waals surface area contributed by atoms with Gasteiger partial charge in [-0.2, -0.15) is 0 Å². The number of anilines is 1. The second-order valence-electron chi connectivity index (χ2n) is 10.0. The summed E-state index contributed by atoms with van der Waals surface area (Å²) >= 11 is 0. The van der Waals surface area contributed by atoms with Crippen LogP contribution in [0, 0.1) is 20.8 Å². The zero-order valence-corrected chi connectivity index (χ0v) is 23.7. The molecule has 202 valence electrons. The molecule has 0 aliphatic rings. The van der Waals surface area contributed by atoms with Crippen LogP contribution in [0.25, 0.3) is 0 Å². The Bertz CT molecular complexity index is 1380. The fraction of sp³-hybridized carbons (Fsp3) is 0.333. The van der Waals surface area contributed by atoms with Gasteiger partial charge in [0.2, 0.25) is 11.8 Å². The van der Waals surface area contributed by atoms with E-state index >= 15 is 0 Å². The van der Waals surface area contributed by atoms with Gasteiger partial charge in [0.1, 0.15) is 12.6 Å². The summed E-state index contributed by atoms with van der Waals surface area (Å²) in [5.74, 6) is -0.778. The van der Waals surface area contributed by atoms with E-state index in [9.17, 15) is 18.0 Å². The highest BCUT2D eigenvalue weighted by atomic mass is 32.2. The summed E-state index contributed by atoms with van der Waals surface area (Å²) in [5, 5.41) is 2.86. The lowest BCUT2D eigenvalue weighted by Gasteiger charge is -2.32. The molecule has 0 heterocycles. The molecule has 0 aliphatic heterocycles. The van der Waals surface area contributed by atoms with E-state index in [4.69, 9.17) is 0 Å². The molecule has 3 aromatic rings. The summed E-state index contributed by atoms with van der Waals surface area (Å²) < 4.78 is 28.8. The van der Waals surface area contributed by atoms with Gasteiger partial charge < -0.3 is 10.2 Å². The Kier molecular flexibility index (Phi) is 9.33. The largest absolute Gasteiger partial charge is 0.352 e. The second kappa shape index (κ2) is 12.3. The van der Waals surface area contributed by atoms with E-state index in [2.05, 4.69) is 5.32 Å². The van der Waals surface area contributed by atoms with Crippen LogP contribution in [0.2, 0.25) is 0 Å². The summed E-state index contributed by atoms with van der Waals surface area (Å²) in [5.41, 5.74) is 4.05. The second-order valence-corrected chi connectivity index (χ2v) is 11.9. The quantitative estimate of drug-likeness (QED) is 0.406. The van der Waals surface area contributed by atoms with Crippen molar-refractivity contribution >= 4 is 27.5 Å². The van der Waals surface area contributed by atoms with Crippen molar-refractivity contribution in [1.82, 2.24) is 10.2 Å². The topological polar surface area (TPSA) is 86.8 Å². The van der Waals surface area contributed by atoms with Gasteiger partial charge >= 0.3 is 0 Å². The molecule has 8 heteroatoms. The number of rotatable bonds is 10. The first-order valence-electron chi connectivity index (χ1n) is 12.7. The summed E-state index contributed by atoms with van der Waals surface area (Å²) in [7, 11) is -4.08. The van der Waals surface area contributed by atoms with Crippen LogP contribution in [-0.4, -0.2) is 43.8 Å². The molecule has 0 bridgehead atoms. The molecular weight excluding hydrogens is 498 g/mol. The molecule has 0 unspecified atom stereocenters. The number of hydrogen-bond donors (Lipinski definition) is 1. The summed E-state index contributed by atoms with van der Waals surface area (Å²) in [4.78, 5) is 28.4. The van der Waals surface area contributed by atoms with Gasteiger partial charge in [0.25, 0.3) is 10.0 Å². The number of carbonyl (C=O) groups is 2. The smallest absolute Gasteiger partial charge is 0.264 e. The minimum atomic E-state index is -4.08. The van der Waals surface area contributed by atoms with Crippen molar-refractivity contribution in [2.24, 2.45) is 0 Å². The van der Waals surface area contributed by atoms with Crippen LogP contribution in [0.15, 0.2) is 77.7 Å². The molecule has 2 amide bonds. The maximum absolute atomic E-state index is 13.9. The Morgan fingerprint density at radius 2 is 1.42 bits per heavy atom. The van der Waals surface area contributed by atoms with E-state index < -0.39 is 28.5 Å². The molecule has 3 aromatic carbocycles. The van der Waals surface area contributed by atoms with E-state index in [0.29, 0.717) is 5.69 Å². The van der Waals surface area contributed by atoms with E-state index in [1.54, 1.807) is 49.4 Å². The monoisotopic (exact) mass is 535 g/mol. The van der Waals surface area contributed by atoms with Gasteiger partial charge in [0, 0.05) is 12.6 Å². The Hall–Kier alpha value is -3.65. The van der Waals surface area contributed by atoms with Gasteiger partial charge in [-0.3, -0.25) is 13.9 Å². The minimum absolute atomic E-state index is 0.0910. The normalized spacial score (nSPS) is 12.2. The zero-order valence-electron chi connectivity index (χ0n) is 22.9. The average molecular weight is 536 g/mol. The van der Waals surface area contributed by atoms with Crippen LogP contribution >= 0.6 is 0 Å². The molecular formula is C30H37N3O4S. The Balaban J connectivity index is 2.03. The first-order valence-corrected chi connectivity index (χ1v) is 14.1. The molecule has 3 rings (SSSR count). The van der Waals surface area contributed by atoms with Crippen molar-refractivity contribution < 1.29 is 18.0 Å². The molecule has 0 aliphatic carbocycles. The van der Waals surface area contributed by atoms with Crippen LogP contribution in [-0.2, 0) is 26.2 Å². The number of nitrogens with one attached hydrogen (secondary N) is 1. The average Bonchev–Trinajstić information content (AvgIpc) is 2.85. The van der Waals surface area contributed by atoms with Crippen LogP contribution in [0.5, 0.6) is 0 Å². The number of nitrogens with zero attached hydrogens (tertiary/aromatic N) is 2. The number of aryl methyl sites for hydroxylation is 3. The Labute approximate surface area is 226 Å². The van der Waals surface area contributed by atoms with Crippen molar-refractivity contribution in [3.63, 3.8) is 0 Å².